The Morgan fingerprint density at radius 1 is 1.38 bits per heavy atom. The summed E-state index contributed by atoms with van der Waals surface area (Å²) in [4.78, 5) is 12.8. The van der Waals surface area contributed by atoms with Crippen molar-refractivity contribution in [1.82, 2.24) is 0 Å². The van der Waals surface area contributed by atoms with Crippen LogP contribution in [0.2, 0.25) is 5.02 Å². The molecule has 0 spiro atoms. The fourth-order valence-corrected chi connectivity index (χ4v) is 4.55. The van der Waals surface area contributed by atoms with Crippen molar-refractivity contribution in [1.29, 1.82) is 5.26 Å². The van der Waals surface area contributed by atoms with Gasteiger partial charge in [0.2, 0.25) is 5.88 Å². The van der Waals surface area contributed by atoms with Gasteiger partial charge in [0.25, 0.3) is 0 Å². The van der Waals surface area contributed by atoms with E-state index in [1.165, 1.54) is 19.2 Å². The van der Waals surface area contributed by atoms with Crippen LogP contribution in [0.4, 0.5) is 4.39 Å². The summed E-state index contributed by atoms with van der Waals surface area (Å²) < 4.78 is 36.8. The highest BCUT2D eigenvalue weighted by atomic mass is 127. The number of nitrogens with two attached hydrogens (primary N) is 1. The van der Waals surface area contributed by atoms with Crippen LogP contribution in [0, 0.1) is 20.7 Å². The van der Waals surface area contributed by atoms with Crippen LogP contribution in [0.1, 0.15) is 30.9 Å². The Bertz CT molecular complexity index is 1220. The Morgan fingerprint density at radius 3 is 2.74 bits per heavy atom. The van der Waals surface area contributed by atoms with Gasteiger partial charge in [0.05, 0.1) is 33.8 Å². The number of methoxy groups -OCH3 is 1. The van der Waals surface area contributed by atoms with E-state index < -0.39 is 17.7 Å². The molecule has 1 unspecified atom stereocenters. The Labute approximate surface area is 215 Å². The molecule has 0 bridgehead atoms. The van der Waals surface area contributed by atoms with Crippen LogP contribution in [-0.4, -0.2) is 19.7 Å². The molecule has 2 aromatic rings. The zero-order valence-electron chi connectivity index (χ0n) is 18.6. The lowest BCUT2D eigenvalue weighted by atomic mass is 9.83. The van der Waals surface area contributed by atoms with Crippen LogP contribution < -0.4 is 15.2 Å². The van der Waals surface area contributed by atoms with Crippen molar-refractivity contribution in [2.75, 3.05) is 13.7 Å². The van der Waals surface area contributed by atoms with Gasteiger partial charge >= 0.3 is 5.97 Å². The lowest BCUT2D eigenvalue weighted by Crippen LogP contribution is -2.25. The number of allylic oxidation sites excluding steroid dienone is 2. The topological polar surface area (TPSA) is 104 Å². The van der Waals surface area contributed by atoms with Crippen molar-refractivity contribution in [2.45, 2.75) is 26.4 Å². The van der Waals surface area contributed by atoms with Crippen molar-refractivity contribution in [3.8, 4) is 17.6 Å². The van der Waals surface area contributed by atoms with Crippen molar-refractivity contribution in [2.24, 2.45) is 5.73 Å². The Morgan fingerprint density at radius 2 is 2.12 bits per heavy atom. The smallest absolute Gasteiger partial charge is 0.338 e. The van der Waals surface area contributed by atoms with Gasteiger partial charge in [-0.05, 0) is 66.3 Å². The molecule has 0 aliphatic carbocycles. The standard InChI is InChI=1S/C24H21ClFIN2O5/c1-4-32-24(30)20-12(2)34-23(29)14(10-28)21(20)13-8-18(27)22(19(9-13)31-3)33-11-15-16(25)6-5-7-17(15)26/h5-9,21H,4,11,29H2,1-3H3. The van der Waals surface area contributed by atoms with E-state index in [1.807, 2.05) is 28.7 Å². The molecule has 3 rings (SSSR count). The predicted molar refractivity (Wildman–Crippen MR) is 131 cm³/mol. The summed E-state index contributed by atoms with van der Waals surface area (Å²) in [6, 6.07) is 9.78. The van der Waals surface area contributed by atoms with Crippen LogP contribution in [-0.2, 0) is 20.9 Å². The highest BCUT2D eigenvalue weighted by Gasteiger charge is 2.37. The third-order valence-electron chi connectivity index (χ3n) is 5.11. The third-order valence-corrected chi connectivity index (χ3v) is 6.26. The number of halogens is 3. The van der Waals surface area contributed by atoms with E-state index in [-0.39, 0.29) is 46.6 Å². The summed E-state index contributed by atoms with van der Waals surface area (Å²) in [6.07, 6.45) is 0. The molecule has 0 saturated carbocycles. The first kappa shape index (κ1) is 25.6. The van der Waals surface area contributed by atoms with Gasteiger partial charge in [-0.15, -0.1) is 0 Å². The molecule has 0 aromatic heterocycles. The molecule has 0 amide bonds. The van der Waals surface area contributed by atoms with Gasteiger partial charge in [-0.25, -0.2) is 9.18 Å². The molecule has 2 aromatic carbocycles. The second kappa shape index (κ2) is 11.0. The number of benzene rings is 2. The zero-order chi connectivity index (χ0) is 25.0. The van der Waals surface area contributed by atoms with Crippen molar-refractivity contribution in [3.63, 3.8) is 0 Å². The lowest BCUT2D eigenvalue weighted by molar-refractivity contribution is -0.139. The number of rotatable bonds is 7. The molecule has 0 fully saturated rings. The van der Waals surface area contributed by atoms with E-state index in [4.69, 9.17) is 36.3 Å². The first-order chi connectivity index (χ1) is 16.2. The summed E-state index contributed by atoms with van der Waals surface area (Å²) in [5, 5.41) is 10.0. The second-order valence-electron chi connectivity index (χ2n) is 7.14. The minimum absolute atomic E-state index is 0.0679. The molecule has 0 radical (unpaired) electrons. The lowest BCUT2D eigenvalue weighted by Gasteiger charge is -2.27. The Balaban J connectivity index is 2.07. The maximum Gasteiger partial charge on any atom is 0.338 e. The quantitative estimate of drug-likeness (QED) is 0.340. The van der Waals surface area contributed by atoms with Crippen LogP contribution >= 0.6 is 34.2 Å². The first-order valence-electron chi connectivity index (χ1n) is 10.1. The maximum absolute atomic E-state index is 14.2. The van der Waals surface area contributed by atoms with E-state index >= 15 is 0 Å². The molecule has 2 N–H and O–H groups in total. The average molecular weight is 599 g/mol. The number of hydrogen-bond acceptors (Lipinski definition) is 7. The number of ether oxygens (including phenoxy) is 4. The number of nitrogens with zero attached hydrogens (tertiary/aromatic N) is 1. The minimum Gasteiger partial charge on any atom is -0.493 e. The van der Waals surface area contributed by atoms with E-state index in [1.54, 1.807) is 32.0 Å². The van der Waals surface area contributed by atoms with Crippen molar-refractivity contribution in [3.05, 3.63) is 78.7 Å². The number of carbonyl (C=O) groups excluding carboxylic acids is 1. The number of nitriles is 1. The molecule has 0 saturated heterocycles. The van der Waals surface area contributed by atoms with E-state index in [0.717, 1.165) is 0 Å². The Hall–Kier alpha value is -2.97. The first-order valence-corrected chi connectivity index (χ1v) is 11.6. The van der Waals surface area contributed by atoms with Crippen molar-refractivity contribution < 1.29 is 28.1 Å². The van der Waals surface area contributed by atoms with Gasteiger partial charge < -0.3 is 24.7 Å². The average Bonchev–Trinajstić information content (AvgIpc) is 2.78. The van der Waals surface area contributed by atoms with Gasteiger partial charge in [-0.3, -0.25) is 0 Å². The van der Waals surface area contributed by atoms with Crippen LogP contribution in [0.25, 0.3) is 0 Å². The Kier molecular flexibility index (Phi) is 8.28. The molecule has 1 aliphatic rings. The zero-order valence-corrected chi connectivity index (χ0v) is 21.5. The summed E-state index contributed by atoms with van der Waals surface area (Å²) in [7, 11) is 1.45. The fraction of sp³-hybridized carbons (Fsp3) is 0.250. The normalized spacial score (nSPS) is 15.5. The summed E-state index contributed by atoms with van der Waals surface area (Å²) in [5.74, 6) is -1.13. The molecule has 1 atom stereocenters. The number of carbonyl (C=O) groups is 1. The van der Waals surface area contributed by atoms with Crippen molar-refractivity contribution >= 4 is 40.2 Å². The molecular formula is C24H21ClFIN2O5. The third kappa shape index (κ3) is 5.08. The highest BCUT2D eigenvalue weighted by Crippen LogP contribution is 2.44. The van der Waals surface area contributed by atoms with Crippen LogP contribution in [0.3, 0.4) is 0 Å². The molecular weight excluding hydrogens is 578 g/mol. The number of hydrogen-bond donors (Lipinski definition) is 1. The number of esters is 1. The molecule has 1 heterocycles. The van der Waals surface area contributed by atoms with Gasteiger partial charge in [0.1, 0.15) is 29.8 Å². The van der Waals surface area contributed by atoms with Gasteiger partial charge in [-0.1, -0.05) is 17.7 Å². The van der Waals surface area contributed by atoms with Crippen LogP contribution in [0.15, 0.2) is 53.1 Å². The largest absolute Gasteiger partial charge is 0.493 e. The van der Waals surface area contributed by atoms with Gasteiger partial charge in [-0.2, -0.15) is 5.26 Å². The molecule has 34 heavy (non-hydrogen) atoms. The van der Waals surface area contributed by atoms with E-state index in [2.05, 4.69) is 0 Å². The van der Waals surface area contributed by atoms with Gasteiger partial charge in [0.15, 0.2) is 11.5 Å². The summed E-state index contributed by atoms with van der Waals surface area (Å²) >= 11 is 8.14. The van der Waals surface area contributed by atoms with Crippen LogP contribution in [0.5, 0.6) is 11.5 Å². The fourth-order valence-electron chi connectivity index (χ4n) is 3.55. The summed E-state index contributed by atoms with van der Waals surface area (Å²) in [5.41, 5.74) is 6.95. The SMILES string of the molecule is CCOC(=O)C1=C(C)OC(N)=C(C#N)C1c1cc(I)c(OCc2c(F)cccc2Cl)c(OC)c1. The monoisotopic (exact) mass is 598 g/mol. The molecule has 10 heteroatoms. The van der Waals surface area contributed by atoms with E-state index in [9.17, 15) is 14.4 Å². The molecule has 178 valence electrons. The highest BCUT2D eigenvalue weighted by molar-refractivity contribution is 14.1. The van der Waals surface area contributed by atoms with E-state index in [0.29, 0.717) is 20.6 Å². The summed E-state index contributed by atoms with van der Waals surface area (Å²) in [6.45, 7) is 3.29. The molecule has 1 aliphatic heterocycles. The maximum atomic E-state index is 14.2. The minimum atomic E-state index is -0.838. The predicted octanol–water partition coefficient (Wildman–Crippen LogP) is 5.32. The van der Waals surface area contributed by atoms with Gasteiger partial charge in [0, 0.05) is 5.56 Å². The molecule has 7 nitrogen and oxygen atoms in total. The second-order valence-corrected chi connectivity index (χ2v) is 8.71.